The highest BCUT2D eigenvalue weighted by Gasteiger charge is 2.15. The molecule has 3 rings (SSSR count). The molecule has 0 fully saturated rings. The molecule has 124 valence electrons. The zero-order valence-corrected chi connectivity index (χ0v) is 15.3. The summed E-state index contributed by atoms with van der Waals surface area (Å²) < 4.78 is 7.40. The van der Waals surface area contributed by atoms with Gasteiger partial charge in [0.1, 0.15) is 22.8 Å². The molecule has 0 unspecified atom stereocenters. The first-order valence-corrected chi connectivity index (χ1v) is 9.27. The summed E-state index contributed by atoms with van der Waals surface area (Å²) in [5.74, 6) is 0.859. The minimum atomic E-state index is 0.0437. The molecule has 0 aliphatic heterocycles. The van der Waals surface area contributed by atoms with Crippen LogP contribution in [0.3, 0.4) is 0 Å². The second-order valence-electron chi connectivity index (χ2n) is 5.20. The van der Waals surface area contributed by atoms with Crippen molar-refractivity contribution in [1.82, 2.24) is 0 Å². The summed E-state index contributed by atoms with van der Waals surface area (Å²) in [6.07, 6.45) is 2.07. The summed E-state index contributed by atoms with van der Waals surface area (Å²) in [6, 6.07) is 20.5. The Morgan fingerprint density at radius 2 is 1.83 bits per heavy atom. The van der Waals surface area contributed by atoms with Gasteiger partial charge in [-0.05, 0) is 30.2 Å². The van der Waals surface area contributed by atoms with Gasteiger partial charge < -0.3 is 4.74 Å². The maximum absolute atomic E-state index is 9.09. The van der Waals surface area contributed by atoms with Gasteiger partial charge in [0.25, 0.3) is 0 Å². The van der Waals surface area contributed by atoms with Crippen molar-refractivity contribution in [1.29, 1.82) is 5.26 Å². The van der Waals surface area contributed by atoms with Gasteiger partial charge in [0.2, 0.25) is 0 Å². The number of benzene rings is 2. The lowest BCUT2D eigenvalue weighted by atomic mass is 10.1. The topological polar surface area (TPSA) is 33.0 Å². The third-order valence-corrected chi connectivity index (χ3v) is 4.63. The molecule has 3 heteroatoms. The predicted molar refractivity (Wildman–Crippen MR) is 103 cm³/mol. The molecule has 0 amide bonds. The highest BCUT2D eigenvalue weighted by molar-refractivity contribution is 7.19. The normalized spacial score (nSPS) is 11.2. The molecular weight excluding hydrogens is 314 g/mol. The van der Waals surface area contributed by atoms with Crippen molar-refractivity contribution in [3.05, 3.63) is 65.0 Å². The van der Waals surface area contributed by atoms with Crippen LogP contribution in [0.2, 0.25) is 0 Å². The standard InChI is InChI=1S/C19H17NOS.C2H6/c1-2-7-17(14-8-4-3-5-9-14)21-18-10-6-11-19-16(18)12-15(13-20)22-19;1-2/h3-6,8-12,17H,2,7H2,1H3;1-2H3/t17-;/m1./s1. The van der Waals surface area contributed by atoms with Crippen molar-refractivity contribution < 1.29 is 4.74 Å². The predicted octanol–water partition coefficient (Wildman–Crippen LogP) is 6.72. The third kappa shape index (κ3) is 4.15. The number of hydrogen-bond donors (Lipinski definition) is 0. The van der Waals surface area contributed by atoms with E-state index >= 15 is 0 Å². The Morgan fingerprint density at radius 1 is 1.08 bits per heavy atom. The fourth-order valence-electron chi connectivity index (χ4n) is 2.57. The van der Waals surface area contributed by atoms with Crippen LogP contribution < -0.4 is 4.74 Å². The molecule has 3 aromatic rings. The first kappa shape index (κ1) is 18.0. The average molecular weight is 337 g/mol. The maximum atomic E-state index is 9.09. The van der Waals surface area contributed by atoms with Gasteiger partial charge >= 0.3 is 0 Å². The Labute approximate surface area is 148 Å². The molecule has 0 saturated heterocycles. The number of fused-ring (bicyclic) bond motifs is 1. The van der Waals surface area contributed by atoms with Crippen LogP contribution in [0.5, 0.6) is 5.75 Å². The largest absolute Gasteiger partial charge is 0.485 e. The Morgan fingerprint density at radius 3 is 2.50 bits per heavy atom. The molecule has 24 heavy (non-hydrogen) atoms. The van der Waals surface area contributed by atoms with Crippen molar-refractivity contribution in [2.45, 2.75) is 39.7 Å². The molecule has 0 radical (unpaired) electrons. The zero-order chi connectivity index (χ0) is 17.4. The Kier molecular flexibility index (Phi) is 6.84. The van der Waals surface area contributed by atoms with Gasteiger partial charge in [-0.2, -0.15) is 5.26 Å². The molecule has 1 heterocycles. The Hall–Kier alpha value is -2.31. The van der Waals surface area contributed by atoms with Gasteiger partial charge in [-0.3, -0.25) is 0 Å². The number of nitriles is 1. The molecule has 0 aliphatic carbocycles. The van der Waals surface area contributed by atoms with Crippen LogP contribution in [0.25, 0.3) is 10.1 Å². The van der Waals surface area contributed by atoms with E-state index in [9.17, 15) is 0 Å². The zero-order valence-electron chi connectivity index (χ0n) is 14.5. The minimum absolute atomic E-state index is 0.0437. The quantitative estimate of drug-likeness (QED) is 0.517. The number of rotatable bonds is 5. The SMILES string of the molecule is CC.CCC[C@@H](Oc1cccc2sc(C#N)cc12)c1ccccc1. The summed E-state index contributed by atoms with van der Waals surface area (Å²) in [4.78, 5) is 0.720. The smallest absolute Gasteiger partial charge is 0.128 e. The van der Waals surface area contributed by atoms with Gasteiger partial charge in [-0.1, -0.05) is 63.6 Å². The lowest BCUT2D eigenvalue weighted by Crippen LogP contribution is -2.07. The minimum Gasteiger partial charge on any atom is -0.485 e. The van der Waals surface area contributed by atoms with Crippen LogP contribution in [0.15, 0.2) is 54.6 Å². The van der Waals surface area contributed by atoms with Crippen LogP contribution in [0.4, 0.5) is 0 Å². The van der Waals surface area contributed by atoms with E-state index in [0.717, 1.165) is 33.6 Å². The molecule has 0 spiro atoms. The fourth-order valence-corrected chi connectivity index (χ4v) is 3.44. The van der Waals surface area contributed by atoms with Crippen LogP contribution in [0.1, 0.15) is 50.2 Å². The molecule has 0 bridgehead atoms. The second-order valence-corrected chi connectivity index (χ2v) is 6.28. The van der Waals surface area contributed by atoms with Crippen molar-refractivity contribution in [2.24, 2.45) is 0 Å². The third-order valence-electron chi connectivity index (χ3n) is 3.62. The lowest BCUT2D eigenvalue weighted by molar-refractivity contribution is 0.196. The monoisotopic (exact) mass is 337 g/mol. The lowest BCUT2D eigenvalue weighted by Gasteiger charge is -2.19. The van der Waals surface area contributed by atoms with Crippen LogP contribution in [-0.2, 0) is 0 Å². The molecular formula is C21H23NOS. The summed E-state index contributed by atoms with van der Waals surface area (Å²) in [5.41, 5.74) is 1.19. The Balaban J connectivity index is 0.00000100. The number of hydrogen-bond acceptors (Lipinski definition) is 3. The molecule has 2 aromatic carbocycles. The summed E-state index contributed by atoms with van der Waals surface area (Å²) in [6.45, 7) is 6.16. The van der Waals surface area contributed by atoms with E-state index in [1.54, 1.807) is 0 Å². The van der Waals surface area contributed by atoms with Gasteiger partial charge in [0.05, 0.1) is 0 Å². The summed E-state index contributed by atoms with van der Waals surface area (Å²) in [7, 11) is 0. The van der Waals surface area contributed by atoms with Crippen molar-refractivity contribution >= 4 is 21.4 Å². The molecule has 0 aliphatic rings. The van der Waals surface area contributed by atoms with Crippen LogP contribution in [-0.4, -0.2) is 0 Å². The number of nitrogens with zero attached hydrogens (tertiary/aromatic N) is 1. The first-order valence-electron chi connectivity index (χ1n) is 8.46. The van der Waals surface area contributed by atoms with E-state index in [-0.39, 0.29) is 6.10 Å². The van der Waals surface area contributed by atoms with Crippen molar-refractivity contribution in [2.75, 3.05) is 0 Å². The second kappa shape index (κ2) is 9.10. The summed E-state index contributed by atoms with van der Waals surface area (Å²) in [5, 5.41) is 10.1. The Bertz CT molecular complexity index is 802. The molecule has 1 aromatic heterocycles. The van der Waals surface area contributed by atoms with E-state index in [1.165, 1.54) is 16.9 Å². The average Bonchev–Trinajstić information content (AvgIpc) is 3.08. The van der Waals surface area contributed by atoms with E-state index in [4.69, 9.17) is 10.00 Å². The highest BCUT2D eigenvalue weighted by atomic mass is 32.1. The molecule has 0 N–H and O–H groups in total. The van der Waals surface area contributed by atoms with Gasteiger partial charge in [0.15, 0.2) is 0 Å². The van der Waals surface area contributed by atoms with Crippen LogP contribution in [0, 0.1) is 11.3 Å². The molecule has 0 saturated carbocycles. The first-order chi connectivity index (χ1) is 11.8. The number of ether oxygens (including phenoxy) is 1. The van der Waals surface area contributed by atoms with Gasteiger partial charge in [0, 0.05) is 10.1 Å². The van der Waals surface area contributed by atoms with Crippen molar-refractivity contribution in [3.8, 4) is 11.8 Å². The van der Waals surface area contributed by atoms with Crippen molar-refractivity contribution in [3.63, 3.8) is 0 Å². The number of thiophene rings is 1. The highest BCUT2D eigenvalue weighted by Crippen LogP contribution is 2.35. The molecule has 2 nitrogen and oxygen atoms in total. The molecule has 1 atom stereocenters. The fraction of sp³-hybridized carbons (Fsp3) is 0.286. The van der Waals surface area contributed by atoms with E-state index in [1.807, 2.05) is 56.3 Å². The van der Waals surface area contributed by atoms with E-state index in [2.05, 4.69) is 25.1 Å². The maximum Gasteiger partial charge on any atom is 0.128 e. The van der Waals surface area contributed by atoms with Gasteiger partial charge in [-0.15, -0.1) is 11.3 Å². The van der Waals surface area contributed by atoms with Crippen LogP contribution >= 0.6 is 11.3 Å². The summed E-state index contributed by atoms with van der Waals surface area (Å²) >= 11 is 1.51. The van der Waals surface area contributed by atoms with E-state index in [0.29, 0.717) is 0 Å². The van der Waals surface area contributed by atoms with E-state index < -0.39 is 0 Å². The van der Waals surface area contributed by atoms with Gasteiger partial charge in [-0.25, -0.2) is 0 Å².